The lowest BCUT2D eigenvalue weighted by atomic mass is 10.1. The van der Waals surface area contributed by atoms with Crippen LogP contribution in [0.3, 0.4) is 0 Å². The minimum absolute atomic E-state index is 0.217. The topological polar surface area (TPSA) is 73.6 Å². The molecule has 0 radical (unpaired) electrons. The Morgan fingerprint density at radius 3 is 2.83 bits per heavy atom. The van der Waals surface area contributed by atoms with E-state index < -0.39 is 5.97 Å². The molecule has 0 saturated heterocycles. The number of carboxylic acids is 1. The van der Waals surface area contributed by atoms with Gasteiger partial charge in [0.25, 0.3) is 0 Å². The molecule has 0 saturated carbocycles. The van der Waals surface area contributed by atoms with Gasteiger partial charge in [0.05, 0.1) is 23.1 Å². The fraction of sp³-hybridized carbons (Fsp3) is 0.0588. The van der Waals surface area contributed by atoms with Gasteiger partial charge >= 0.3 is 5.97 Å². The van der Waals surface area contributed by atoms with Gasteiger partial charge in [-0.05, 0) is 42.5 Å². The molecule has 0 unspecified atom stereocenters. The number of hydrogen-bond acceptors (Lipinski definition) is 4. The number of aromatic nitrogens is 2. The van der Waals surface area contributed by atoms with Gasteiger partial charge in [0.15, 0.2) is 11.5 Å². The molecule has 3 aromatic rings. The molecule has 1 aromatic heterocycles. The number of carboxylic acid groups (broad SMARTS) is 1. The molecule has 1 N–H and O–H groups in total. The van der Waals surface area contributed by atoms with Gasteiger partial charge in [-0.2, -0.15) is 5.10 Å². The highest BCUT2D eigenvalue weighted by Crippen LogP contribution is 2.36. The van der Waals surface area contributed by atoms with Gasteiger partial charge in [0.1, 0.15) is 0 Å². The summed E-state index contributed by atoms with van der Waals surface area (Å²) in [6.07, 6.45) is 1.67. The first-order valence-corrected chi connectivity index (χ1v) is 7.00. The van der Waals surface area contributed by atoms with Gasteiger partial charge in [-0.3, -0.25) is 0 Å². The van der Waals surface area contributed by atoms with Crippen molar-refractivity contribution in [2.24, 2.45) is 0 Å². The first-order valence-electron chi connectivity index (χ1n) is 7.00. The molecule has 2 heterocycles. The van der Waals surface area contributed by atoms with Crippen LogP contribution in [0.25, 0.3) is 16.9 Å². The Labute approximate surface area is 131 Å². The molecule has 0 amide bonds. The standard InChI is InChI=1S/C17H12N2O4/c20-17(21)12-2-1-3-13(8-12)19-14(6-7-18-19)11-4-5-15-16(9-11)23-10-22-15/h1-9H,10H2,(H,20,21). The van der Waals surface area contributed by atoms with Crippen LogP contribution < -0.4 is 9.47 Å². The Bertz CT molecular complexity index is 901. The van der Waals surface area contributed by atoms with Crippen LogP contribution in [0.4, 0.5) is 0 Å². The van der Waals surface area contributed by atoms with Crippen molar-refractivity contribution >= 4 is 5.97 Å². The first kappa shape index (κ1) is 13.4. The fourth-order valence-corrected chi connectivity index (χ4v) is 2.55. The third-order valence-electron chi connectivity index (χ3n) is 3.65. The molecular formula is C17H12N2O4. The molecule has 6 nitrogen and oxygen atoms in total. The number of carbonyl (C=O) groups is 1. The van der Waals surface area contributed by atoms with Crippen LogP contribution in [0.5, 0.6) is 11.5 Å². The molecule has 0 fully saturated rings. The van der Waals surface area contributed by atoms with E-state index in [2.05, 4.69) is 5.10 Å². The highest BCUT2D eigenvalue weighted by atomic mass is 16.7. The van der Waals surface area contributed by atoms with E-state index in [1.165, 1.54) is 0 Å². The largest absolute Gasteiger partial charge is 0.478 e. The predicted molar refractivity (Wildman–Crippen MR) is 82.1 cm³/mol. The summed E-state index contributed by atoms with van der Waals surface area (Å²) in [7, 11) is 0. The minimum atomic E-state index is -0.969. The number of ether oxygens (including phenoxy) is 2. The molecule has 0 atom stereocenters. The summed E-state index contributed by atoms with van der Waals surface area (Å²) in [4.78, 5) is 11.1. The number of fused-ring (bicyclic) bond motifs is 1. The number of hydrogen-bond donors (Lipinski definition) is 1. The van der Waals surface area contributed by atoms with E-state index in [-0.39, 0.29) is 12.4 Å². The van der Waals surface area contributed by atoms with Crippen molar-refractivity contribution in [2.45, 2.75) is 0 Å². The molecule has 114 valence electrons. The van der Waals surface area contributed by atoms with Crippen molar-refractivity contribution in [3.8, 4) is 28.4 Å². The van der Waals surface area contributed by atoms with Gasteiger partial charge in [-0.25, -0.2) is 9.48 Å². The second-order valence-electron chi connectivity index (χ2n) is 5.05. The summed E-state index contributed by atoms with van der Waals surface area (Å²) in [5, 5.41) is 13.4. The smallest absolute Gasteiger partial charge is 0.335 e. The van der Waals surface area contributed by atoms with E-state index in [1.54, 1.807) is 29.1 Å². The SMILES string of the molecule is O=C(O)c1cccc(-n2nccc2-c2ccc3c(c2)OCO3)c1. The predicted octanol–water partition coefficient (Wildman–Crippen LogP) is 2.97. The maximum absolute atomic E-state index is 11.1. The van der Waals surface area contributed by atoms with Crippen molar-refractivity contribution in [1.82, 2.24) is 9.78 Å². The third kappa shape index (κ3) is 2.30. The Morgan fingerprint density at radius 2 is 1.96 bits per heavy atom. The maximum Gasteiger partial charge on any atom is 0.335 e. The van der Waals surface area contributed by atoms with E-state index in [4.69, 9.17) is 14.6 Å². The van der Waals surface area contributed by atoms with Gasteiger partial charge in [-0.15, -0.1) is 0 Å². The first-order chi connectivity index (χ1) is 11.2. The lowest BCUT2D eigenvalue weighted by molar-refractivity contribution is 0.0697. The maximum atomic E-state index is 11.1. The summed E-state index contributed by atoms with van der Waals surface area (Å²) in [5.74, 6) is 0.436. The Morgan fingerprint density at radius 1 is 1.09 bits per heavy atom. The summed E-state index contributed by atoms with van der Waals surface area (Å²) in [5.41, 5.74) is 2.65. The van der Waals surface area contributed by atoms with E-state index >= 15 is 0 Å². The normalized spacial score (nSPS) is 12.3. The zero-order valence-corrected chi connectivity index (χ0v) is 12.0. The zero-order chi connectivity index (χ0) is 15.8. The monoisotopic (exact) mass is 308 g/mol. The lowest BCUT2D eigenvalue weighted by Gasteiger charge is -2.09. The summed E-state index contributed by atoms with van der Waals surface area (Å²) < 4.78 is 12.4. The Kier molecular flexibility index (Phi) is 3.01. The highest BCUT2D eigenvalue weighted by Gasteiger charge is 2.16. The van der Waals surface area contributed by atoms with Crippen LogP contribution in [0.2, 0.25) is 0 Å². The van der Waals surface area contributed by atoms with Crippen molar-refractivity contribution in [3.63, 3.8) is 0 Å². The number of aromatic carboxylic acids is 1. The average Bonchev–Trinajstić information content (AvgIpc) is 3.23. The quantitative estimate of drug-likeness (QED) is 0.805. The van der Waals surface area contributed by atoms with Gasteiger partial charge < -0.3 is 14.6 Å². The fourth-order valence-electron chi connectivity index (χ4n) is 2.55. The molecular weight excluding hydrogens is 296 g/mol. The lowest BCUT2D eigenvalue weighted by Crippen LogP contribution is -2.02. The van der Waals surface area contributed by atoms with Crippen LogP contribution >= 0.6 is 0 Å². The number of nitrogens with zero attached hydrogens (tertiary/aromatic N) is 2. The van der Waals surface area contributed by atoms with Gasteiger partial charge in [-0.1, -0.05) is 6.07 Å². The third-order valence-corrected chi connectivity index (χ3v) is 3.65. The molecule has 23 heavy (non-hydrogen) atoms. The van der Waals surface area contributed by atoms with E-state index in [1.807, 2.05) is 30.3 Å². The molecule has 1 aliphatic rings. The van der Waals surface area contributed by atoms with Gasteiger partial charge in [0.2, 0.25) is 6.79 Å². The van der Waals surface area contributed by atoms with Crippen molar-refractivity contribution in [1.29, 1.82) is 0 Å². The zero-order valence-electron chi connectivity index (χ0n) is 12.0. The Balaban J connectivity index is 1.80. The molecule has 0 spiro atoms. The van der Waals surface area contributed by atoms with Crippen LogP contribution in [-0.4, -0.2) is 27.6 Å². The number of benzene rings is 2. The molecule has 6 heteroatoms. The highest BCUT2D eigenvalue weighted by molar-refractivity contribution is 5.88. The molecule has 0 aliphatic carbocycles. The van der Waals surface area contributed by atoms with Gasteiger partial charge in [0, 0.05) is 5.56 Å². The minimum Gasteiger partial charge on any atom is -0.478 e. The molecule has 4 rings (SSSR count). The summed E-state index contributed by atoms with van der Waals surface area (Å²) in [6.45, 7) is 0.221. The van der Waals surface area contributed by atoms with E-state index in [9.17, 15) is 4.79 Å². The second kappa shape index (κ2) is 5.17. The molecule has 0 bridgehead atoms. The summed E-state index contributed by atoms with van der Waals surface area (Å²) >= 11 is 0. The molecule has 1 aliphatic heterocycles. The van der Waals surface area contributed by atoms with E-state index in [0.29, 0.717) is 17.2 Å². The van der Waals surface area contributed by atoms with Crippen LogP contribution in [0.15, 0.2) is 54.7 Å². The van der Waals surface area contributed by atoms with Crippen molar-refractivity contribution in [3.05, 3.63) is 60.3 Å². The van der Waals surface area contributed by atoms with Crippen molar-refractivity contribution < 1.29 is 19.4 Å². The Hall–Kier alpha value is -3.28. The van der Waals surface area contributed by atoms with Crippen molar-refractivity contribution in [2.75, 3.05) is 6.79 Å². The summed E-state index contributed by atoms with van der Waals surface area (Å²) in [6, 6.07) is 14.2. The van der Waals surface area contributed by atoms with E-state index in [0.717, 1.165) is 11.3 Å². The molecule has 2 aromatic carbocycles. The number of rotatable bonds is 3. The van der Waals surface area contributed by atoms with Crippen LogP contribution in [-0.2, 0) is 0 Å². The van der Waals surface area contributed by atoms with Crippen LogP contribution in [0.1, 0.15) is 10.4 Å². The average molecular weight is 308 g/mol. The van der Waals surface area contributed by atoms with Crippen LogP contribution in [0, 0.1) is 0 Å². The second-order valence-corrected chi connectivity index (χ2v) is 5.05.